The van der Waals surface area contributed by atoms with Crippen molar-refractivity contribution in [2.75, 3.05) is 18.5 Å². The first-order valence-electron chi connectivity index (χ1n) is 8.17. The summed E-state index contributed by atoms with van der Waals surface area (Å²) < 4.78 is 0. The van der Waals surface area contributed by atoms with E-state index in [0.29, 0.717) is 5.92 Å². The van der Waals surface area contributed by atoms with E-state index in [1.807, 2.05) is 12.3 Å². The molecule has 1 aromatic heterocycles. The molecule has 0 fully saturated rings. The molecule has 124 valence electrons. The van der Waals surface area contributed by atoms with E-state index in [4.69, 9.17) is 11.6 Å². The van der Waals surface area contributed by atoms with Gasteiger partial charge in [-0.2, -0.15) is 0 Å². The molecule has 23 heavy (non-hydrogen) atoms. The third kappa shape index (κ3) is 4.97. The van der Waals surface area contributed by atoms with Gasteiger partial charge in [-0.25, -0.2) is 0 Å². The first kappa shape index (κ1) is 17.8. The summed E-state index contributed by atoms with van der Waals surface area (Å²) in [6, 6.07) is 10.6. The molecule has 0 spiro atoms. The fourth-order valence-electron chi connectivity index (χ4n) is 2.77. The van der Waals surface area contributed by atoms with Crippen LogP contribution in [0.4, 0.5) is 5.69 Å². The third-order valence-corrected chi connectivity index (χ3v) is 4.51. The number of pyridine rings is 1. The maximum atomic E-state index is 6.51. The highest BCUT2D eigenvalue weighted by atomic mass is 35.5. The molecular formula is C20H27ClN2. The van der Waals surface area contributed by atoms with Crippen LogP contribution in [0.1, 0.15) is 38.8 Å². The van der Waals surface area contributed by atoms with Crippen molar-refractivity contribution in [2.45, 2.75) is 39.5 Å². The summed E-state index contributed by atoms with van der Waals surface area (Å²) in [6.45, 7) is 9.88. The number of hydrogen-bond donors (Lipinski definition) is 0. The fourth-order valence-corrected chi connectivity index (χ4v) is 3.03. The second-order valence-electron chi connectivity index (χ2n) is 7.46. The van der Waals surface area contributed by atoms with E-state index in [-0.39, 0.29) is 5.41 Å². The van der Waals surface area contributed by atoms with Crippen LogP contribution in [0.25, 0.3) is 0 Å². The number of halogens is 1. The summed E-state index contributed by atoms with van der Waals surface area (Å²) >= 11 is 6.51. The second kappa shape index (κ2) is 7.35. The van der Waals surface area contributed by atoms with Crippen molar-refractivity contribution in [3.05, 3.63) is 58.9 Å². The molecule has 2 nitrogen and oxygen atoms in total. The molecule has 0 radical (unpaired) electrons. The molecular weight excluding hydrogens is 304 g/mol. The number of aromatic nitrogens is 1. The lowest BCUT2D eigenvalue weighted by Gasteiger charge is -2.24. The maximum absolute atomic E-state index is 6.51. The number of hydrogen-bond acceptors (Lipinski definition) is 2. The minimum absolute atomic E-state index is 0.133. The zero-order valence-electron chi connectivity index (χ0n) is 14.8. The Balaban J connectivity index is 2.02. The Morgan fingerprint density at radius 3 is 2.52 bits per heavy atom. The van der Waals surface area contributed by atoms with E-state index >= 15 is 0 Å². The van der Waals surface area contributed by atoms with Crippen LogP contribution in [-0.4, -0.2) is 18.6 Å². The Bertz CT molecular complexity index is 632. The van der Waals surface area contributed by atoms with Crippen LogP contribution in [0.2, 0.25) is 5.02 Å². The molecule has 0 saturated carbocycles. The van der Waals surface area contributed by atoms with Gasteiger partial charge in [-0.05, 0) is 47.1 Å². The molecule has 0 aliphatic carbocycles. The van der Waals surface area contributed by atoms with Crippen molar-refractivity contribution in [1.29, 1.82) is 0 Å². The highest BCUT2D eigenvalue weighted by molar-refractivity contribution is 6.31. The molecule has 1 unspecified atom stereocenters. The maximum Gasteiger partial charge on any atom is 0.0550 e. The van der Waals surface area contributed by atoms with Gasteiger partial charge < -0.3 is 4.90 Å². The van der Waals surface area contributed by atoms with Crippen LogP contribution in [0, 0.1) is 5.92 Å². The lowest BCUT2D eigenvalue weighted by Crippen LogP contribution is -2.25. The van der Waals surface area contributed by atoms with Gasteiger partial charge in [0, 0.05) is 24.8 Å². The standard InChI is InChI=1S/C20H27ClN2/c1-15(14-23(5)18-7-6-10-22-13-18)11-16-8-9-17(12-19(16)21)20(2,3)4/h6-10,12-13,15H,11,14H2,1-5H3. The monoisotopic (exact) mass is 330 g/mol. The summed E-state index contributed by atoms with van der Waals surface area (Å²) in [6.07, 6.45) is 4.68. The molecule has 0 bridgehead atoms. The van der Waals surface area contributed by atoms with Gasteiger partial charge in [-0.15, -0.1) is 0 Å². The SMILES string of the molecule is CC(Cc1ccc(C(C)(C)C)cc1Cl)CN(C)c1cccnc1. The molecule has 0 amide bonds. The number of benzene rings is 1. The lowest BCUT2D eigenvalue weighted by molar-refractivity contribution is 0.572. The van der Waals surface area contributed by atoms with E-state index in [1.165, 1.54) is 11.1 Å². The molecule has 0 aliphatic heterocycles. The van der Waals surface area contributed by atoms with Crippen LogP contribution >= 0.6 is 11.6 Å². The highest BCUT2D eigenvalue weighted by Crippen LogP contribution is 2.28. The highest BCUT2D eigenvalue weighted by Gasteiger charge is 2.16. The minimum Gasteiger partial charge on any atom is -0.373 e. The van der Waals surface area contributed by atoms with Crippen LogP contribution in [-0.2, 0) is 11.8 Å². The van der Waals surface area contributed by atoms with Gasteiger partial charge in [-0.3, -0.25) is 4.98 Å². The summed E-state index contributed by atoms with van der Waals surface area (Å²) in [4.78, 5) is 6.43. The van der Waals surface area contributed by atoms with Crippen molar-refractivity contribution < 1.29 is 0 Å². The summed E-state index contributed by atoms with van der Waals surface area (Å²) in [7, 11) is 2.11. The number of nitrogens with zero attached hydrogens (tertiary/aromatic N) is 2. The van der Waals surface area contributed by atoms with Crippen molar-refractivity contribution in [3.8, 4) is 0 Å². The first-order chi connectivity index (χ1) is 10.8. The number of anilines is 1. The van der Waals surface area contributed by atoms with Gasteiger partial charge in [0.15, 0.2) is 0 Å². The zero-order chi connectivity index (χ0) is 17.0. The summed E-state index contributed by atoms with van der Waals surface area (Å²) in [5, 5.41) is 0.883. The van der Waals surface area contributed by atoms with E-state index in [1.54, 1.807) is 6.20 Å². The Morgan fingerprint density at radius 2 is 1.96 bits per heavy atom. The van der Waals surface area contributed by atoms with Gasteiger partial charge in [0.05, 0.1) is 11.9 Å². The molecule has 2 rings (SSSR count). The molecule has 3 heteroatoms. The van der Waals surface area contributed by atoms with E-state index in [2.05, 4.69) is 68.9 Å². The van der Waals surface area contributed by atoms with Crippen LogP contribution in [0.15, 0.2) is 42.7 Å². The summed E-state index contributed by atoms with van der Waals surface area (Å²) in [5.41, 5.74) is 3.79. The molecule has 1 atom stereocenters. The Kier molecular flexibility index (Phi) is 5.69. The predicted octanol–water partition coefficient (Wildman–Crippen LogP) is 5.35. The quantitative estimate of drug-likeness (QED) is 0.734. The normalized spacial score (nSPS) is 13.0. The average Bonchev–Trinajstić information content (AvgIpc) is 2.49. The molecule has 2 aromatic rings. The van der Waals surface area contributed by atoms with Crippen LogP contribution < -0.4 is 4.90 Å². The molecule has 1 heterocycles. The van der Waals surface area contributed by atoms with E-state index in [0.717, 1.165) is 23.7 Å². The third-order valence-electron chi connectivity index (χ3n) is 4.16. The summed E-state index contributed by atoms with van der Waals surface area (Å²) in [5.74, 6) is 0.512. The predicted molar refractivity (Wildman–Crippen MR) is 101 cm³/mol. The zero-order valence-corrected chi connectivity index (χ0v) is 15.6. The molecule has 0 aliphatic rings. The fraction of sp³-hybridized carbons (Fsp3) is 0.450. The van der Waals surface area contributed by atoms with Crippen molar-refractivity contribution in [2.24, 2.45) is 5.92 Å². The van der Waals surface area contributed by atoms with E-state index in [9.17, 15) is 0 Å². The first-order valence-corrected chi connectivity index (χ1v) is 8.55. The van der Waals surface area contributed by atoms with Crippen LogP contribution in [0.3, 0.4) is 0 Å². The Hall–Kier alpha value is -1.54. The Labute approximate surface area is 145 Å². The topological polar surface area (TPSA) is 16.1 Å². The van der Waals surface area contributed by atoms with Gasteiger partial charge in [0.2, 0.25) is 0 Å². The minimum atomic E-state index is 0.133. The van der Waals surface area contributed by atoms with Crippen molar-refractivity contribution in [1.82, 2.24) is 4.98 Å². The molecule has 1 aromatic carbocycles. The van der Waals surface area contributed by atoms with Gasteiger partial charge in [0.1, 0.15) is 0 Å². The molecule has 0 saturated heterocycles. The smallest absolute Gasteiger partial charge is 0.0550 e. The van der Waals surface area contributed by atoms with Gasteiger partial charge in [0.25, 0.3) is 0 Å². The van der Waals surface area contributed by atoms with Crippen molar-refractivity contribution >= 4 is 17.3 Å². The number of rotatable bonds is 5. The van der Waals surface area contributed by atoms with Gasteiger partial charge in [-0.1, -0.05) is 51.4 Å². The average molecular weight is 331 g/mol. The lowest BCUT2D eigenvalue weighted by atomic mass is 9.86. The van der Waals surface area contributed by atoms with E-state index < -0.39 is 0 Å². The Morgan fingerprint density at radius 1 is 1.22 bits per heavy atom. The van der Waals surface area contributed by atoms with Gasteiger partial charge >= 0.3 is 0 Å². The largest absolute Gasteiger partial charge is 0.373 e. The van der Waals surface area contributed by atoms with Crippen LogP contribution in [0.5, 0.6) is 0 Å². The molecule has 0 N–H and O–H groups in total. The second-order valence-corrected chi connectivity index (χ2v) is 7.86. The van der Waals surface area contributed by atoms with Crippen molar-refractivity contribution in [3.63, 3.8) is 0 Å².